The second-order valence-electron chi connectivity index (χ2n) is 4.85. The second-order valence-corrected chi connectivity index (χ2v) is 4.85. The minimum atomic E-state index is 0.608. The van der Waals surface area contributed by atoms with Gasteiger partial charge in [-0.1, -0.05) is 11.2 Å². The largest absolute Gasteiger partial charge is 0.356 e. The van der Waals surface area contributed by atoms with Gasteiger partial charge in [-0.2, -0.15) is 0 Å². The Morgan fingerprint density at radius 3 is 2.28 bits per heavy atom. The summed E-state index contributed by atoms with van der Waals surface area (Å²) in [7, 11) is 0. The molecule has 3 heteroatoms. The Bertz CT molecular complexity index is 544. The average Bonchev–Trinajstić information content (AvgIpc) is 2.76. The molecule has 0 aliphatic rings. The summed E-state index contributed by atoms with van der Waals surface area (Å²) >= 11 is 0. The van der Waals surface area contributed by atoms with Gasteiger partial charge in [-0.15, -0.1) is 0 Å². The molecule has 0 amide bonds. The van der Waals surface area contributed by atoms with E-state index >= 15 is 0 Å². The lowest BCUT2D eigenvalue weighted by molar-refractivity contribution is 0.431. The number of nitrogens with zero attached hydrogens (tertiary/aromatic N) is 1. The van der Waals surface area contributed by atoms with Crippen LogP contribution in [0.2, 0.25) is 0 Å². The third kappa shape index (κ3) is 2.06. The Balaban J connectivity index is 2.66. The van der Waals surface area contributed by atoms with Crippen LogP contribution in [0.15, 0.2) is 16.8 Å². The Kier molecular flexibility index (Phi) is 3.53. The summed E-state index contributed by atoms with van der Waals surface area (Å²) in [5.74, 6) is 0.877. The molecule has 2 aromatic rings. The Labute approximate surface area is 108 Å². The molecule has 0 aliphatic carbocycles. The standard InChI is InChI=1S/C15H20N2O/c1-9-7-10(2)12(4)14(11(9)3)15-13(5-6-16)8-17-18-15/h7-8H,5-6,16H2,1-4H3. The lowest BCUT2D eigenvalue weighted by Gasteiger charge is -2.14. The van der Waals surface area contributed by atoms with E-state index in [-0.39, 0.29) is 0 Å². The number of aryl methyl sites for hydroxylation is 2. The smallest absolute Gasteiger partial charge is 0.170 e. The van der Waals surface area contributed by atoms with Crippen molar-refractivity contribution in [2.24, 2.45) is 5.73 Å². The predicted molar refractivity (Wildman–Crippen MR) is 73.6 cm³/mol. The summed E-state index contributed by atoms with van der Waals surface area (Å²) in [5.41, 5.74) is 13.0. The molecule has 1 heterocycles. The zero-order valence-corrected chi connectivity index (χ0v) is 11.5. The topological polar surface area (TPSA) is 52.0 Å². The fourth-order valence-electron chi connectivity index (χ4n) is 2.36. The third-order valence-electron chi connectivity index (χ3n) is 3.65. The summed E-state index contributed by atoms with van der Waals surface area (Å²) < 4.78 is 5.47. The summed E-state index contributed by atoms with van der Waals surface area (Å²) in [4.78, 5) is 0. The molecule has 0 saturated heterocycles. The number of hydrogen-bond acceptors (Lipinski definition) is 3. The van der Waals surface area contributed by atoms with E-state index in [2.05, 4.69) is 38.9 Å². The number of nitrogens with two attached hydrogens (primary N) is 1. The molecular weight excluding hydrogens is 224 g/mol. The van der Waals surface area contributed by atoms with Gasteiger partial charge < -0.3 is 10.3 Å². The monoisotopic (exact) mass is 244 g/mol. The van der Waals surface area contributed by atoms with Crippen LogP contribution in [0.3, 0.4) is 0 Å². The molecule has 0 atom stereocenters. The van der Waals surface area contributed by atoms with Crippen molar-refractivity contribution < 1.29 is 4.52 Å². The first-order chi connectivity index (χ1) is 8.56. The van der Waals surface area contributed by atoms with Crippen molar-refractivity contribution in [2.45, 2.75) is 34.1 Å². The van der Waals surface area contributed by atoms with Crippen LogP contribution in [-0.2, 0) is 6.42 Å². The summed E-state index contributed by atoms with van der Waals surface area (Å²) in [6.45, 7) is 9.13. The molecule has 0 bridgehead atoms. The maximum absolute atomic E-state index is 5.63. The highest BCUT2D eigenvalue weighted by Crippen LogP contribution is 2.33. The Hall–Kier alpha value is -1.61. The second kappa shape index (κ2) is 4.94. The zero-order valence-electron chi connectivity index (χ0n) is 11.5. The van der Waals surface area contributed by atoms with Crippen LogP contribution in [0.4, 0.5) is 0 Å². The van der Waals surface area contributed by atoms with Gasteiger partial charge in [0.2, 0.25) is 0 Å². The summed E-state index contributed by atoms with van der Waals surface area (Å²) in [5, 5.41) is 3.93. The molecule has 2 rings (SSSR count). The SMILES string of the molecule is Cc1cc(C)c(C)c(-c2oncc2CCN)c1C. The summed E-state index contributed by atoms with van der Waals surface area (Å²) in [6.07, 6.45) is 2.57. The van der Waals surface area contributed by atoms with Crippen molar-refractivity contribution in [2.75, 3.05) is 6.54 Å². The molecule has 2 N–H and O–H groups in total. The molecule has 0 radical (unpaired) electrons. The van der Waals surface area contributed by atoms with Crippen molar-refractivity contribution in [3.05, 3.63) is 40.1 Å². The van der Waals surface area contributed by atoms with Gasteiger partial charge in [-0.25, -0.2) is 0 Å². The Morgan fingerprint density at radius 2 is 1.72 bits per heavy atom. The van der Waals surface area contributed by atoms with Crippen LogP contribution >= 0.6 is 0 Å². The maximum Gasteiger partial charge on any atom is 0.170 e. The minimum Gasteiger partial charge on any atom is -0.356 e. The molecule has 18 heavy (non-hydrogen) atoms. The number of hydrogen-bond donors (Lipinski definition) is 1. The van der Waals surface area contributed by atoms with Crippen LogP contribution in [0.1, 0.15) is 27.8 Å². The third-order valence-corrected chi connectivity index (χ3v) is 3.65. The quantitative estimate of drug-likeness (QED) is 0.902. The zero-order chi connectivity index (χ0) is 13.3. The highest BCUT2D eigenvalue weighted by atomic mass is 16.5. The molecule has 0 saturated carbocycles. The van der Waals surface area contributed by atoms with E-state index in [1.54, 1.807) is 6.20 Å². The van der Waals surface area contributed by atoms with Crippen molar-refractivity contribution in [3.8, 4) is 11.3 Å². The van der Waals surface area contributed by atoms with E-state index in [0.717, 1.165) is 17.7 Å². The number of aromatic nitrogens is 1. The fraction of sp³-hybridized carbons (Fsp3) is 0.400. The van der Waals surface area contributed by atoms with Gasteiger partial charge in [-0.3, -0.25) is 0 Å². The fourth-order valence-corrected chi connectivity index (χ4v) is 2.36. The Morgan fingerprint density at radius 1 is 1.11 bits per heavy atom. The number of rotatable bonds is 3. The van der Waals surface area contributed by atoms with Gasteiger partial charge in [0.1, 0.15) is 0 Å². The lowest BCUT2D eigenvalue weighted by Crippen LogP contribution is -2.03. The van der Waals surface area contributed by atoms with E-state index in [4.69, 9.17) is 10.3 Å². The van der Waals surface area contributed by atoms with E-state index in [1.807, 2.05) is 0 Å². The molecule has 1 aromatic carbocycles. The van der Waals surface area contributed by atoms with E-state index in [0.29, 0.717) is 6.54 Å². The lowest BCUT2D eigenvalue weighted by atomic mass is 9.91. The van der Waals surface area contributed by atoms with Crippen molar-refractivity contribution in [1.29, 1.82) is 0 Å². The van der Waals surface area contributed by atoms with Crippen LogP contribution in [0.5, 0.6) is 0 Å². The first-order valence-electron chi connectivity index (χ1n) is 6.27. The van der Waals surface area contributed by atoms with Crippen molar-refractivity contribution in [1.82, 2.24) is 5.16 Å². The summed E-state index contributed by atoms with van der Waals surface area (Å²) in [6, 6.07) is 2.22. The predicted octanol–water partition coefficient (Wildman–Crippen LogP) is 3.08. The van der Waals surface area contributed by atoms with Gasteiger partial charge in [0.05, 0.1) is 6.20 Å². The molecule has 96 valence electrons. The average molecular weight is 244 g/mol. The molecule has 0 spiro atoms. The van der Waals surface area contributed by atoms with Gasteiger partial charge >= 0.3 is 0 Å². The molecule has 1 aromatic heterocycles. The van der Waals surface area contributed by atoms with Gasteiger partial charge in [0.15, 0.2) is 5.76 Å². The number of benzene rings is 1. The molecule has 0 aliphatic heterocycles. The van der Waals surface area contributed by atoms with Crippen LogP contribution in [0, 0.1) is 27.7 Å². The first-order valence-corrected chi connectivity index (χ1v) is 6.27. The van der Waals surface area contributed by atoms with Gasteiger partial charge in [0.25, 0.3) is 0 Å². The molecule has 3 nitrogen and oxygen atoms in total. The maximum atomic E-state index is 5.63. The first kappa shape index (κ1) is 12.8. The highest BCUT2D eigenvalue weighted by molar-refractivity contribution is 5.71. The molecular formula is C15H20N2O. The van der Waals surface area contributed by atoms with E-state index < -0.39 is 0 Å². The van der Waals surface area contributed by atoms with Crippen LogP contribution in [0.25, 0.3) is 11.3 Å². The molecule has 0 unspecified atom stereocenters. The van der Waals surface area contributed by atoms with Gasteiger partial charge in [-0.05, 0) is 62.9 Å². The van der Waals surface area contributed by atoms with Crippen LogP contribution in [-0.4, -0.2) is 11.7 Å². The van der Waals surface area contributed by atoms with Crippen molar-refractivity contribution in [3.63, 3.8) is 0 Å². The van der Waals surface area contributed by atoms with Crippen LogP contribution < -0.4 is 5.73 Å². The minimum absolute atomic E-state index is 0.608. The van der Waals surface area contributed by atoms with E-state index in [1.165, 1.54) is 27.8 Å². The van der Waals surface area contributed by atoms with Gasteiger partial charge in [0, 0.05) is 11.1 Å². The highest BCUT2D eigenvalue weighted by Gasteiger charge is 2.17. The normalized spacial score (nSPS) is 10.9. The molecule has 0 fully saturated rings. The van der Waals surface area contributed by atoms with Crippen molar-refractivity contribution >= 4 is 0 Å². The van der Waals surface area contributed by atoms with E-state index in [9.17, 15) is 0 Å².